The first-order valence-corrected chi connectivity index (χ1v) is 9.39. The Kier molecular flexibility index (Phi) is 7.31. The lowest BCUT2D eigenvalue weighted by Gasteiger charge is -2.07. The fourth-order valence-corrected chi connectivity index (χ4v) is 3.65. The number of rotatable bonds is 9. The lowest BCUT2D eigenvalue weighted by Crippen LogP contribution is -1.97. The summed E-state index contributed by atoms with van der Waals surface area (Å²) in [6.45, 7) is 3.08. The third-order valence-electron chi connectivity index (χ3n) is 3.48. The third-order valence-corrected chi connectivity index (χ3v) is 5.15. The molecule has 21 heavy (non-hydrogen) atoms. The largest absolute Gasteiger partial charge is 0.494 e. The van der Waals surface area contributed by atoms with Crippen LogP contribution in [0.25, 0.3) is 10.4 Å². The lowest BCUT2D eigenvalue weighted by atomic mass is 10.1. The van der Waals surface area contributed by atoms with E-state index < -0.39 is 0 Å². The minimum absolute atomic E-state index is 0.829. The second-order valence-electron chi connectivity index (χ2n) is 5.24. The zero-order valence-electron chi connectivity index (χ0n) is 12.6. The van der Waals surface area contributed by atoms with E-state index >= 15 is 0 Å². The molecule has 2 rings (SSSR count). The van der Waals surface area contributed by atoms with E-state index in [1.165, 1.54) is 46.3 Å². The summed E-state index contributed by atoms with van der Waals surface area (Å²) in [6.07, 6.45) is 7.81. The summed E-state index contributed by atoms with van der Waals surface area (Å²) in [5.74, 6) is 0.975. The monoisotopic (exact) mass is 366 g/mol. The van der Waals surface area contributed by atoms with E-state index in [1.807, 2.05) is 0 Å². The van der Waals surface area contributed by atoms with E-state index in [9.17, 15) is 0 Å². The summed E-state index contributed by atoms with van der Waals surface area (Å²) in [7, 11) is 0. The van der Waals surface area contributed by atoms with Crippen molar-refractivity contribution >= 4 is 27.3 Å². The molecular weight excluding hydrogens is 344 g/mol. The molecule has 3 heteroatoms. The van der Waals surface area contributed by atoms with Crippen LogP contribution in [0, 0.1) is 0 Å². The fourth-order valence-electron chi connectivity index (χ4n) is 2.26. The molecule has 0 aliphatic heterocycles. The molecule has 0 bridgehead atoms. The van der Waals surface area contributed by atoms with Crippen molar-refractivity contribution in [2.24, 2.45) is 0 Å². The molecule has 0 aliphatic carbocycles. The predicted octanol–water partition coefficient (Wildman–Crippen LogP) is 6.92. The fraction of sp³-hybridized carbons (Fsp3) is 0.444. The van der Waals surface area contributed by atoms with Gasteiger partial charge in [0.2, 0.25) is 0 Å². The molecule has 0 aliphatic rings. The first kappa shape index (κ1) is 16.6. The van der Waals surface area contributed by atoms with Gasteiger partial charge < -0.3 is 4.74 Å². The van der Waals surface area contributed by atoms with Gasteiger partial charge in [0.15, 0.2) is 0 Å². The number of ether oxygens (including phenoxy) is 1. The summed E-state index contributed by atoms with van der Waals surface area (Å²) < 4.78 is 6.97. The first-order chi connectivity index (χ1) is 10.3. The smallest absolute Gasteiger partial charge is 0.119 e. The Hall–Kier alpha value is -0.800. The molecule has 114 valence electrons. The molecule has 0 radical (unpaired) electrons. The van der Waals surface area contributed by atoms with Gasteiger partial charge in [-0.15, -0.1) is 11.3 Å². The molecule has 0 atom stereocenters. The van der Waals surface area contributed by atoms with Crippen LogP contribution >= 0.6 is 27.3 Å². The minimum atomic E-state index is 0.829. The maximum Gasteiger partial charge on any atom is 0.119 e. The van der Waals surface area contributed by atoms with Gasteiger partial charge in [-0.1, -0.05) is 39.0 Å². The molecule has 2 aromatic rings. The van der Waals surface area contributed by atoms with Gasteiger partial charge in [-0.05, 0) is 64.3 Å². The second kappa shape index (κ2) is 9.26. The van der Waals surface area contributed by atoms with Gasteiger partial charge in [-0.25, -0.2) is 0 Å². The molecular formula is C18H23BrOS. The Balaban J connectivity index is 1.70. The van der Waals surface area contributed by atoms with Crippen molar-refractivity contribution in [1.82, 2.24) is 0 Å². The van der Waals surface area contributed by atoms with E-state index in [2.05, 4.69) is 59.3 Å². The molecule has 0 N–H and O–H groups in total. The predicted molar refractivity (Wildman–Crippen MR) is 96.3 cm³/mol. The number of thiophene rings is 1. The van der Waals surface area contributed by atoms with E-state index in [0.29, 0.717) is 0 Å². The Morgan fingerprint density at radius 1 is 0.905 bits per heavy atom. The Morgan fingerprint density at radius 3 is 2.29 bits per heavy atom. The quantitative estimate of drug-likeness (QED) is 0.437. The van der Waals surface area contributed by atoms with Gasteiger partial charge >= 0.3 is 0 Å². The first-order valence-electron chi connectivity index (χ1n) is 7.78. The average Bonchev–Trinajstić information content (AvgIpc) is 2.93. The number of unbranched alkanes of at least 4 members (excludes halogenated alkanes) is 5. The average molecular weight is 367 g/mol. The maximum absolute atomic E-state index is 5.80. The zero-order chi connectivity index (χ0) is 14.9. The van der Waals surface area contributed by atoms with Crippen LogP contribution < -0.4 is 4.74 Å². The van der Waals surface area contributed by atoms with Crippen LogP contribution in [0.2, 0.25) is 0 Å². The standard InChI is InChI=1S/C18H23BrOS/c1-2-3-4-5-6-7-14-20-16-10-8-15(9-11-16)17-12-13-18(19)21-17/h8-13H,2-7,14H2,1H3. The molecule has 1 aromatic heterocycles. The summed E-state index contributed by atoms with van der Waals surface area (Å²) in [6, 6.07) is 12.6. The Morgan fingerprint density at radius 2 is 1.62 bits per heavy atom. The summed E-state index contributed by atoms with van der Waals surface area (Å²) in [4.78, 5) is 1.28. The molecule has 0 saturated carbocycles. The van der Waals surface area contributed by atoms with Crippen molar-refractivity contribution in [3.63, 3.8) is 0 Å². The van der Waals surface area contributed by atoms with Gasteiger partial charge in [0.05, 0.1) is 10.4 Å². The highest BCUT2D eigenvalue weighted by atomic mass is 79.9. The van der Waals surface area contributed by atoms with Crippen molar-refractivity contribution in [2.75, 3.05) is 6.61 Å². The lowest BCUT2D eigenvalue weighted by molar-refractivity contribution is 0.304. The molecule has 0 amide bonds. The number of benzene rings is 1. The van der Waals surface area contributed by atoms with Gasteiger partial charge in [-0.3, -0.25) is 0 Å². The zero-order valence-corrected chi connectivity index (χ0v) is 15.0. The summed E-state index contributed by atoms with van der Waals surface area (Å²) >= 11 is 5.26. The number of halogens is 1. The highest BCUT2D eigenvalue weighted by molar-refractivity contribution is 9.11. The minimum Gasteiger partial charge on any atom is -0.494 e. The SMILES string of the molecule is CCCCCCCCOc1ccc(-c2ccc(Br)s2)cc1. The molecule has 1 nitrogen and oxygen atoms in total. The van der Waals surface area contributed by atoms with E-state index in [4.69, 9.17) is 4.74 Å². The van der Waals surface area contributed by atoms with E-state index in [1.54, 1.807) is 11.3 Å². The number of hydrogen-bond acceptors (Lipinski definition) is 2. The van der Waals surface area contributed by atoms with Crippen LogP contribution in [0.1, 0.15) is 45.4 Å². The van der Waals surface area contributed by atoms with Gasteiger partial charge in [0.1, 0.15) is 5.75 Å². The topological polar surface area (TPSA) is 9.23 Å². The van der Waals surface area contributed by atoms with Crippen LogP contribution in [0.5, 0.6) is 5.75 Å². The van der Waals surface area contributed by atoms with Crippen molar-refractivity contribution in [1.29, 1.82) is 0 Å². The maximum atomic E-state index is 5.80. The van der Waals surface area contributed by atoms with Gasteiger partial charge in [0, 0.05) is 4.88 Å². The highest BCUT2D eigenvalue weighted by Gasteiger charge is 2.02. The van der Waals surface area contributed by atoms with Crippen LogP contribution in [0.4, 0.5) is 0 Å². The van der Waals surface area contributed by atoms with Gasteiger partial charge in [-0.2, -0.15) is 0 Å². The van der Waals surface area contributed by atoms with Crippen molar-refractivity contribution in [3.05, 3.63) is 40.2 Å². The van der Waals surface area contributed by atoms with Crippen LogP contribution in [-0.2, 0) is 0 Å². The van der Waals surface area contributed by atoms with Crippen molar-refractivity contribution < 1.29 is 4.74 Å². The van der Waals surface area contributed by atoms with Crippen LogP contribution in [0.3, 0.4) is 0 Å². The van der Waals surface area contributed by atoms with Gasteiger partial charge in [0.25, 0.3) is 0 Å². The molecule has 0 fully saturated rings. The van der Waals surface area contributed by atoms with Crippen molar-refractivity contribution in [3.8, 4) is 16.2 Å². The Bertz CT molecular complexity index is 518. The van der Waals surface area contributed by atoms with Crippen LogP contribution in [-0.4, -0.2) is 6.61 Å². The summed E-state index contributed by atoms with van der Waals surface area (Å²) in [5, 5.41) is 0. The molecule has 0 saturated heterocycles. The van der Waals surface area contributed by atoms with Crippen LogP contribution in [0.15, 0.2) is 40.2 Å². The highest BCUT2D eigenvalue weighted by Crippen LogP contribution is 2.32. The van der Waals surface area contributed by atoms with Crippen molar-refractivity contribution in [2.45, 2.75) is 45.4 Å². The Labute approximate surface area is 140 Å². The van der Waals surface area contributed by atoms with E-state index in [0.717, 1.165) is 18.8 Å². The third kappa shape index (κ3) is 5.84. The molecule has 0 spiro atoms. The van der Waals surface area contributed by atoms with E-state index in [-0.39, 0.29) is 0 Å². The molecule has 1 aromatic carbocycles. The normalized spacial score (nSPS) is 10.8. The second-order valence-corrected chi connectivity index (χ2v) is 7.71. The number of hydrogen-bond donors (Lipinski definition) is 0. The molecule has 1 heterocycles. The summed E-state index contributed by atoms with van der Waals surface area (Å²) in [5.41, 5.74) is 1.25. The molecule has 0 unspecified atom stereocenters.